The zero-order valence-corrected chi connectivity index (χ0v) is 24.1. The molecule has 36 heavy (non-hydrogen) atoms. The third-order valence-corrected chi connectivity index (χ3v) is 5.88. The fourth-order valence-corrected chi connectivity index (χ4v) is 4.03. The van der Waals surface area contributed by atoms with Crippen LogP contribution in [0.1, 0.15) is 64.0 Å². The molecule has 2 rings (SSSR count). The Balaban J connectivity index is 0. The van der Waals surface area contributed by atoms with E-state index in [9.17, 15) is 9.90 Å². The molecule has 9 heteroatoms. The number of rotatable bonds is 15. The second-order valence-corrected chi connectivity index (χ2v) is 9.46. The van der Waals surface area contributed by atoms with Crippen LogP contribution in [0.15, 0.2) is 48.8 Å². The number of nitrogens with zero attached hydrogens (tertiary/aromatic N) is 1. The molecule has 6 nitrogen and oxygen atoms in total. The van der Waals surface area contributed by atoms with Crippen LogP contribution in [-0.4, -0.2) is 40.7 Å². The topological polar surface area (TPSA) is 100 Å². The molecule has 0 aliphatic carbocycles. The molecule has 0 saturated heterocycles. The van der Waals surface area contributed by atoms with Crippen LogP contribution in [-0.2, 0) is 17.6 Å². The van der Waals surface area contributed by atoms with Gasteiger partial charge in [-0.2, -0.15) is 0 Å². The lowest BCUT2D eigenvalue weighted by molar-refractivity contribution is -0.123. The first-order valence-electron chi connectivity index (χ1n) is 12.3. The minimum absolute atomic E-state index is 0. The van der Waals surface area contributed by atoms with Gasteiger partial charge in [0.2, 0.25) is 5.91 Å². The fraction of sp³-hybridized carbons (Fsp3) is 0.556. The highest BCUT2D eigenvalue weighted by Gasteiger charge is 2.23. The van der Waals surface area contributed by atoms with Crippen molar-refractivity contribution in [2.45, 2.75) is 83.8 Å². The van der Waals surface area contributed by atoms with Crippen LogP contribution in [0.3, 0.4) is 0 Å². The Morgan fingerprint density at radius 3 is 2.22 bits per heavy atom. The fourth-order valence-electron chi connectivity index (χ4n) is 4.03. The number of carbonyl (C=O) groups is 1. The van der Waals surface area contributed by atoms with E-state index in [1.54, 1.807) is 12.1 Å². The zero-order chi connectivity index (χ0) is 24.1. The van der Waals surface area contributed by atoms with E-state index in [4.69, 9.17) is 5.73 Å². The maximum Gasteiger partial charge on any atom is 0.237 e. The molecule has 2 aromatic rings. The Bertz CT molecular complexity index is 810. The summed E-state index contributed by atoms with van der Waals surface area (Å²) in [5.41, 5.74) is 8.45. The molecule has 0 spiro atoms. The minimum atomic E-state index is -0.367. The SMILES string of the molecule is CCCC[C@H](N)CNC(=O)[C@H](Cc1ccc(O)cc1)N[C@@H](CCc1ccncc1)CC(C)C.Cl.Cl.Cl. The van der Waals surface area contributed by atoms with E-state index in [2.05, 4.69) is 36.4 Å². The van der Waals surface area contributed by atoms with E-state index >= 15 is 0 Å². The summed E-state index contributed by atoms with van der Waals surface area (Å²) in [4.78, 5) is 17.3. The quantitative estimate of drug-likeness (QED) is 0.238. The Hall–Kier alpha value is -1.57. The van der Waals surface area contributed by atoms with Gasteiger partial charge in [0.1, 0.15) is 5.75 Å². The summed E-state index contributed by atoms with van der Waals surface area (Å²) in [6.45, 7) is 7.05. The zero-order valence-electron chi connectivity index (χ0n) is 21.7. The number of pyridine rings is 1. The summed E-state index contributed by atoms with van der Waals surface area (Å²) in [6, 6.07) is 11.0. The van der Waals surface area contributed by atoms with E-state index in [0.717, 1.165) is 44.1 Å². The first kappa shape index (κ1) is 36.6. The second kappa shape index (κ2) is 20.5. The molecule has 1 aromatic carbocycles. The normalized spacial score (nSPS) is 12.9. The van der Waals surface area contributed by atoms with E-state index in [1.165, 1.54) is 5.56 Å². The molecule has 0 aliphatic rings. The van der Waals surface area contributed by atoms with Crippen LogP contribution < -0.4 is 16.4 Å². The van der Waals surface area contributed by atoms with Crippen LogP contribution >= 0.6 is 37.2 Å². The van der Waals surface area contributed by atoms with Gasteiger partial charge in [-0.3, -0.25) is 9.78 Å². The van der Waals surface area contributed by atoms with Gasteiger partial charge in [-0.15, -0.1) is 37.2 Å². The number of benzene rings is 1. The monoisotopic (exact) mass is 562 g/mol. The number of aromatic nitrogens is 1. The number of hydrogen-bond acceptors (Lipinski definition) is 5. The molecule has 1 aromatic heterocycles. The van der Waals surface area contributed by atoms with Crippen molar-refractivity contribution in [2.75, 3.05) is 6.54 Å². The molecule has 5 N–H and O–H groups in total. The molecule has 0 aliphatic heterocycles. The lowest BCUT2D eigenvalue weighted by Crippen LogP contribution is -2.51. The number of aryl methyl sites for hydroxylation is 1. The Morgan fingerprint density at radius 1 is 1.00 bits per heavy atom. The molecule has 206 valence electrons. The van der Waals surface area contributed by atoms with Crippen molar-refractivity contribution in [3.63, 3.8) is 0 Å². The molecule has 1 heterocycles. The van der Waals surface area contributed by atoms with Crippen molar-refractivity contribution in [3.05, 3.63) is 59.9 Å². The van der Waals surface area contributed by atoms with Crippen LogP contribution in [0.2, 0.25) is 0 Å². The van der Waals surface area contributed by atoms with Crippen LogP contribution in [0.25, 0.3) is 0 Å². The third-order valence-electron chi connectivity index (χ3n) is 5.88. The molecule has 0 saturated carbocycles. The van der Waals surface area contributed by atoms with Gasteiger partial charge in [0, 0.05) is 31.0 Å². The lowest BCUT2D eigenvalue weighted by Gasteiger charge is -2.27. The number of halogens is 3. The Labute approximate surface area is 235 Å². The smallest absolute Gasteiger partial charge is 0.237 e. The van der Waals surface area contributed by atoms with E-state index in [1.807, 2.05) is 36.7 Å². The number of aromatic hydroxyl groups is 1. The van der Waals surface area contributed by atoms with Gasteiger partial charge < -0.3 is 21.5 Å². The molecule has 3 atom stereocenters. The molecule has 0 bridgehead atoms. The number of hydrogen-bond donors (Lipinski definition) is 4. The van der Waals surface area contributed by atoms with Gasteiger partial charge in [-0.05, 0) is 73.4 Å². The van der Waals surface area contributed by atoms with Gasteiger partial charge >= 0.3 is 0 Å². The highest BCUT2D eigenvalue weighted by atomic mass is 35.5. The van der Waals surface area contributed by atoms with Gasteiger partial charge in [-0.25, -0.2) is 0 Å². The predicted molar refractivity (Wildman–Crippen MR) is 157 cm³/mol. The summed E-state index contributed by atoms with van der Waals surface area (Å²) in [5, 5.41) is 16.4. The maximum atomic E-state index is 13.2. The van der Waals surface area contributed by atoms with Crippen molar-refractivity contribution in [1.82, 2.24) is 15.6 Å². The highest BCUT2D eigenvalue weighted by Crippen LogP contribution is 2.16. The molecule has 0 radical (unpaired) electrons. The van der Waals surface area contributed by atoms with Gasteiger partial charge in [0.25, 0.3) is 0 Å². The number of amides is 1. The number of nitrogens with two attached hydrogens (primary N) is 1. The van der Waals surface area contributed by atoms with Gasteiger partial charge in [-0.1, -0.05) is 45.7 Å². The van der Waals surface area contributed by atoms with Crippen molar-refractivity contribution in [2.24, 2.45) is 11.7 Å². The highest BCUT2D eigenvalue weighted by molar-refractivity contribution is 5.86. The average molecular weight is 564 g/mol. The van der Waals surface area contributed by atoms with Crippen molar-refractivity contribution < 1.29 is 9.90 Å². The molecule has 0 fully saturated rings. The summed E-state index contributed by atoms with van der Waals surface area (Å²) in [7, 11) is 0. The van der Waals surface area contributed by atoms with E-state index in [0.29, 0.717) is 18.9 Å². The Morgan fingerprint density at radius 2 is 1.64 bits per heavy atom. The van der Waals surface area contributed by atoms with Gasteiger partial charge in [0.05, 0.1) is 6.04 Å². The first-order chi connectivity index (χ1) is 15.9. The summed E-state index contributed by atoms with van der Waals surface area (Å²) in [5.74, 6) is 0.720. The van der Waals surface area contributed by atoms with Crippen LogP contribution in [0.5, 0.6) is 5.75 Å². The minimum Gasteiger partial charge on any atom is -0.508 e. The van der Waals surface area contributed by atoms with E-state index < -0.39 is 0 Å². The van der Waals surface area contributed by atoms with Crippen molar-refractivity contribution >= 4 is 43.1 Å². The van der Waals surface area contributed by atoms with E-state index in [-0.39, 0.29) is 67.0 Å². The average Bonchev–Trinajstić information content (AvgIpc) is 2.80. The lowest BCUT2D eigenvalue weighted by atomic mass is 9.95. The Kier molecular flexibility index (Phi) is 20.8. The van der Waals surface area contributed by atoms with Crippen LogP contribution in [0, 0.1) is 5.92 Å². The number of nitrogens with one attached hydrogen (secondary N) is 2. The maximum absolute atomic E-state index is 13.2. The second-order valence-electron chi connectivity index (χ2n) is 9.46. The van der Waals surface area contributed by atoms with Crippen LogP contribution in [0.4, 0.5) is 0 Å². The summed E-state index contributed by atoms with van der Waals surface area (Å²) < 4.78 is 0. The number of carbonyl (C=O) groups excluding carboxylic acids is 1. The number of phenolic OH excluding ortho intramolecular Hbond substituents is 1. The predicted octanol–water partition coefficient (Wildman–Crippen LogP) is 5.23. The molecule has 0 unspecified atom stereocenters. The number of unbranched alkanes of at least 4 members (excludes halogenated alkanes) is 1. The summed E-state index contributed by atoms with van der Waals surface area (Å²) >= 11 is 0. The number of phenols is 1. The molecular weight excluding hydrogens is 519 g/mol. The summed E-state index contributed by atoms with van der Waals surface area (Å²) in [6.07, 6.45) is 10.1. The molecule has 1 amide bonds. The standard InChI is InChI=1S/C27H42N4O2.3ClH/c1-4-5-6-23(28)19-30-27(33)26(18-22-8-11-25(32)12-9-22)31-24(17-20(2)3)10-7-21-13-15-29-16-14-21;;;/h8-9,11-16,20,23-24,26,31-32H,4-7,10,17-19,28H2,1-3H3,(H,30,33);3*1H/t23-,24-,26-;;;/m0.../s1. The van der Waals surface area contributed by atoms with Crippen molar-refractivity contribution in [1.29, 1.82) is 0 Å². The van der Waals surface area contributed by atoms with Gasteiger partial charge in [0.15, 0.2) is 0 Å². The molecular formula is C27H45Cl3N4O2. The first-order valence-corrected chi connectivity index (χ1v) is 12.3. The van der Waals surface area contributed by atoms with Crippen molar-refractivity contribution in [3.8, 4) is 5.75 Å². The largest absolute Gasteiger partial charge is 0.508 e. The third kappa shape index (κ3) is 14.9.